The van der Waals surface area contributed by atoms with Crippen molar-refractivity contribution in [2.45, 2.75) is 36.6 Å². The van der Waals surface area contributed by atoms with Gasteiger partial charge in [0.25, 0.3) is 0 Å². The van der Waals surface area contributed by atoms with E-state index in [1.807, 2.05) is 0 Å². The highest BCUT2D eigenvalue weighted by Gasteiger charge is 2.42. The van der Waals surface area contributed by atoms with Gasteiger partial charge in [0.2, 0.25) is 10.0 Å². The smallest absolute Gasteiger partial charge is 0.247 e. The average molecular weight is 361 g/mol. The summed E-state index contributed by atoms with van der Waals surface area (Å²) < 4.78 is 28.0. The molecule has 2 fully saturated rings. The summed E-state index contributed by atoms with van der Waals surface area (Å²) in [6, 6.07) is 1.70. The van der Waals surface area contributed by atoms with E-state index in [1.165, 1.54) is 6.20 Å². The molecule has 2 saturated carbocycles. The zero-order valence-electron chi connectivity index (χ0n) is 10.9. The summed E-state index contributed by atoms with van der Waals surface area (Å²) in [6.07, 6.45) is 5.66. The first-order valence-corrected chi connectivity index (χ1v) is 8.89. The van der Waals surface area contributed by atoms with Crippen LogP contribution in [0.3, 0.4) is 0 Å². The molecule has 0 atom stereocenters. The molecule has 0 saturated heterocycles. The zero-order valence-corrected chi connectivity index (χ0v) is 13.3. The quantitative estimate of drug-likeness (QED) is 0.595. The molecule has 1 aromatic rings. The maximum absolute atomic E-state index is 12.9. The SMILES string of the molecule is NNc1ncc(Br)cc1S(=O)(=O)N(CC1CC1)C1CC1. The summed E-state index contributed by atoms with van der Waals surface area (Å²) in [4.78, 5) is 4.17. The van der Waals surface area contributed by atoms with E-state index in [4.69, 9.17) is 5.84 Å². The number of anilines is 1. The maximum Gasteiger partial charge on any atom is 0.247 e. The van der Waals surface area contributed by atoms with Crippen molar-refractivity contribution in [1.82, 2.24) is 9.29 Å². The Morgan fingerprint density at radius 1 is 1.40 bits per heavy atom. The first-order valence-electron chi connectivity index (χ1n) is 6.66. The van der Waals surface area contributed by atoms with E-state index in [9.17, 15) is 8.42 Å². The van der Waals surface area contributed by atoms with Gasteiger partial charge in [0, 0.05) is 23.3 Å². The lowest BCUT2D eigenvalue weighted by Gasteiger charge is -2.22. The molecule has 0 aliphatic heterocycles. The summed E-state index contributed by atoms with van der Waals surface area (Å²) in [6.45, 7) is 0.615. The maximum atomic E-state index is 12.9. The number of aromatic nitrogens is 1. The van der Waals surface area contributed by atoms with Gasteiger partial charge in [-0.2, -0.15) is 4.31 Å². The van der Waals surface area contributed by atoms with Crippen molar-refractivity contribution >= 4 is 31.8 Å². The minimum atomic E-state index is -3.56. The number of nitrogen functional groups attached to an aromatic ring is 1. The van der Waals surface area contributed by atoms with Crippen LogP contribution in [0.5, 0.6) is 0 Å². The number of hydrazine groups is 1. The number of sulfonamides is 1. The number of halogens is 1. The average Bonchev–Trinajstić information content (AvgIpc) is 3.27. The number of nitrogens with zero attached hydrogens (tertiary/aromatic N) is 2. The van der Waals surface area contributed by atoms with E-state index in [-0.39, 0.29) is 16.8 Å². The number of pyridine rings is 1. The minimum Gasteiger partial charge on any atom is -0.307 e. The van der Waals surface area contributed by atoms with E-state index in [1.54, 1.807) is 10.4 Å². The van der Waals surface area contributed by atoms with Gasteiger partial charge in [0.15, 0.2) is 5.82 Å². The molecule has 1 heterocycles. The van der Waals surface area contributed by atoms with Crippen molar-refractivity contribution < 1.29 is 8.42 Å². The van der Waals surface area contributed by atoms with Crippen LogP contribution in [-0.4, -0.2) is 30.3 Å². The Hall–Kier alpha value is -0.700. The molecule has 0 bridgehead atoms. The molecule has 110 valence electrons. The molecule has 3 rings (SSSR count). The van der Waals surface area contributed by atoms with E-state index in [2.05, 4.69) is 26.3 Å². The molecule has 2 aliphatic rings. The van der Waals surface area contributed by atoms with Crippen LogP contribution in [0.4, 0.5) is 5.82 Å². The summed E-state index contributed by atoms with van der Waals surface area (Å²) in [7, 11) is -3.56. The predicted octanol–water partition coefficient (Wildman–Crippen LogP) is 1.69. The fourth-order valence-electron chi connectivity index (χ4n) is 2.21. The molecule has 6 nitrogen and oxygen atoms in total. The molecule has 0 amide bonds. The normalized spacial score (nSPS) is 19.4. The van der Waals surface area contributed by atoms with Gasteiger partial charge in [-0.15, -0.1) is 0 Å². The van der Waals surface area contributed by atoms with E-state index in [0.29, 0.717) is 16.9 Å². The Labute approximate surface area is 126 Å². The second kappa shape index (κ2) is 5.25. The summed E-state index contributed by atoms with van der Waals surface area (Å²) in [5, 5.41) is 0. The van der Waals surface area contributed by atoms with Gasteiger partial charge in [-0.05, 0) is 53.6 Å². The first kappa shape index (κ1) is 14.2. The molecule has 0 aromatic carbocycles. The molecule has 20 heavy (non-hydrogen) atoms. The van der Waals surface area contributed by atoms with Crippen LogP contribution in [0.2, 0.25) is 0 Å². The fourth-order valence-corrected chi connectivity index (χ4v) is 4.59. The first-order chi connectivity index (χ1) is 9.52. The number of rotatable bonds is 6. The van der Waals surface area contributed by atoms with Crippen LogP contribution in [0, 0.1) is 5.92 Å². The van der Waals surface area contributed by atoms with Crippen LogP contribution < -0.4 is 11.3 Å². The molecule has 2 aliphatic carbocycles. The molecule has 1 aromatic heterocycles. The predicted molar refractivity (Wildman–Crippen MR) is 79.4 cm³/mol. The third kappa shape index (κ3) is 2.83. The summed E-state index contributed by atoms with van der Waals surface area (Å²) >= 11 is 3.27. The molecule has 0 unspecified atom stereocenters. The van der Waals surface area contributed by atoms with Gasteiger partial charge in [0.05, 0.1) is 0 Å². The second-order valence-corrected chi connectivity index (χ2v) is 8.17. The Morgan fingerprint density at radius 2 is 2.10 bits per heavy atom. The number of nitrogens with two attached hydrogens (primary N) is 1. The van der Waals surface area contributed by atoms with Gasteiger partial charge < -0.3 is 5.43 Å². The lowest BCUT2D eigenvalue weighted by Crippen LogP contribution is -2.35. The Morgan fingerprint density at radius 3 is 2.65 bits per heavy atom. The van der Waals surface area contributed by atoms with Crippen LogP contribution in [0.1, 0.15) is 25.7 Å². The lowest BCUT2D eigenvalue weighted by atomic mass is 10.4. The third-order valence-electron chi connectivity index (χ3n) is 3.63. The van der Waals surface area contributed by atoms with Crippen LogP contribution in [-0.2, 0) is 10.0 Å². The van der Waals surface area contributed by atoms with Crippen molar-refractivity contribution in [3.8, 4) is 0 Å². The van der Waals surface area contributed by atoms with Crippen molar-refractivity contribution in [1.29, 1.82) is 0 Å². The molecule has 0 spiro atoms. The molecule has 3 N–H and O–H groups in total. The molecule has 0 radical (unpaired) electrons. The van der Waals surface area contributed by atoms with E-state index in [0.717, 1.165) is 25.7 Å². The standard InChI is InChI=1S/C12H17BrN4O2S/c13-9-5-11(12(16-14)15-6-9)20(18,19)17(10-3-4-10)7-8-1-2-8/h5-6,8,10H,1-4,7,14H2,(H,15,16). The van der Waals surface area contributed by atoms with Gasteiger partial charge in [-0.3, -0.25) is 0 Å². The molecule has 8 heteroatoms. The van der Waals surface area contributed by atoms with Crippen molar-refractivity contribution in [3.05, 3.63) is 16.7 Å². The molecular weight excluding hydrogens is 344 g/mol. The van der Waals surface area contributed by atoms with Crippen molar-refractivity contribution in [3.63, 3.8) is 0 Å². The zero-order chi connectivity index (χ0) is 14.3. The van der Waals surface area contributed by atoms with Gasteiger partial charge >= 0.3 is 0 Å². The highest BCUT2D eigenvalue weighted by molar-refractivity contribution is 9.10. The van der Waals surface area contributed by atoms with Crippen molar-refractivity contribution in [2.75, 3.05) is 12.0 Å². The highest BCUT2D eigenvalue weighted by Crippen LogP contribution is 2.39. The largest absolute Gasteiger partial charge is 0.307 e. The minimum absolute atomic E-state index is 0.141. The van der Waals surface area contributed by atoms with Gasteiger partial charge in [0.1, 0.15) is 4.90 Å². The monoisotopic (exact) mass is 360 g/mol. The van der Waals surface area contributed by atoms with E-state index >= 15 is 0 Å². The highest BCUT2D eigenvalue weighted by atomic mass is 79.9. The number of hydrogen-bond acceptors (Lipinski definition) is 5. The molecular formula is C12H17BrN4O2S. The van der Waals surface area contributed by atoms with E-state index < -0.39 is 10.0 Å². The summed E-state index contributed by atoms with van der Waals surface area (Å²) in [5.74, 6) is 6.10. The Kier molecular flexibility index (Phi) is 3.74. The Balaban J connectivity index is 1.98. The van der Waals surface area contributed by atoms with Crippen molar-refractivity contribution in [2.24, 2.45) is 11.8 Å². The fraction of sp³-hybridized carbons (Fsp3) is 0.583. The second-order valence-electron chi connectivity index (χ2n) is 5.39. The Bertz CT molecular complexity index is 614. The topological polar surface area (TPSA) is 88.3 Å². The number of nitrogens with one attached hydrogen (secondary N) is 1. The number of hydrogen-bond donors (Lipinski definition) is 2. The van der Waals surface area contributed by atoms with Crippen LogP contribution in [0.15, 0.2) is 21.6 Å². The van der Waals surface area contributed by atoms with Gasteiger partial charge in [-0.1, -0.05) is 0 Å². The summed E-state index contributed by atoms with van der Waals surface area (Å²) in [5.41, 5.74) is 2.37. The third-order valence-corrected chi connectivity index (χ3v) is 6.00. The lowest BCUT2D eigenvalue weighted by molar-refractivity contribution is 0.389. The van der Waals surface area contributed by atoms with Crippen LogP contribution >= 0.6 is 15.9 Å². The van der Waals surface area contributed by atoms with Crippen LogP contribution in [0.25, 0.3) is 0 Å². The van der Waals surface area contributed by atoms with Gasteiger partial charge in [-0.25, -0.2) is 19.2 Å².